The molecular weight excluding hydrogens is 520 g/mol. The standard InChI is InChI=1S/C34H54O5S/c1-6-10-19-35-25-30-32(36-20-11-7-2)34(38-22-13-9-4)33(37-21-12-8-3)31(39-30)28-16-14-15-27(23-28)24-29-18-17-26(5)40-29/h14-18,23,30-34H,6-13,19-22,24-25H2,1-5H3/t30-,31+,32-,33+,34+/m1/s1. The smallest absolute Gasteiger partial charge is 0.117 e. The van der Waals surface area contributed by atoms with Crippen molar-refractivity contribution in [3.05, 3.63) is 57.3 Å². The van der Waals surface area contributed by atoms with Crippen LogP contribution in [0.5, 0.6) is 0 Å². The van der Waals surface area contributed by atoms with Crippen LogP contribution in [-0.2, 0) is 30.1 Å². The van der Waals surface area contributed by atoms with E-state index in [1.807, 2.05) is 11.3 Å². The second kappa shape index (κ2) is 19.0. The van der Waals surface area contributed by atoms with Gasteiger partial charge in [-0.15, -0.1) is 11.3 Å². The quantitative estimate of drug-likeness (QED) is 0.148. The Kier molecular flexibility index (Phi) is 15.8. The average Bonchev–Trinajstić information content (AvgIpc) is 3.37. The van der Waals surface area contributed by atoms with Crippen LogP contribution in [-0.4, -0.2) is 57.5 Å². The fraction of sp³-hybridized carbons (Fsp3) is 0.706. The highest BCUT2D eigenvalue weighted by molar-refractivity contribution is 7.11. The summed E-state index contributed by atoms with van der Waals surface area (Å²) in [6.07, 6.45) is 8.18. The number of benzene rings is 1. The van der Waals surface area contributed by atoms with Crippen molar-refractivity contribution in [3.8, 4) is 0 Å². The van der Waals surface area contributed by atoms with Crippen molar-refractivity contribution in [2.75, 3.05) is 33.0 Å². The van der Waals surface area contributed by atoms with E-state index in [9.17, 15) is 0 Å². The van der Waals surface area contributed by atoms with Crippen molar-refractivity contribution >= 4 is 11.3 Å². The maximum absolute atomic E-state index is 6.93. The van der Waals surface area contributed by atoms with Gasteiger partial charge in [-0.3, -0.25) is 0 Å². The summed E-state index contributed by atoms with van der Waals surface area (Å²) in [6, 6.07) is 13.3. The Morgan fingerprint density at radius 2 is 1.35 bits per heavy atom. The fourth-order valence-electron chi connectivity index (χ4n) is 5.09. The normalized spacial score (nSPS) is 23.1. The Balaban J connectivity index is 1.93. The predicted octanol–water partition coefficient (Wildman–Crippen LogP) is 8.46. The van der Waals surface area contributed by atoms with Gasteiger partial charge in [0.2, 0.25) is 0 Å². The lowest BCUT2D eigenvalue weighted by molar-refractivity contribution is -0.268. The lowest BCUT2D eigenvalue weighted by atomic mass is 9.89. The molecule has 0 saturated carbocycles. The molecule has 1 fully saturated rings. The Bertz CT molecular complexity index is 931. The summed E-state index contributed by atoms with van der Waals surface area (Å²) in [7, 11) is 0. The summed E-state index contributed by atoms with van der Waals surface area (Å²) in [5.41, 5.74) is 2.43. The minimum absolute atomic E-state index is 0.220. The van der Waals surface area contributed by atoms with Gasteiger partial charge >= 0.3 is 0 Å². The summed E-state index contributed by atoms with van der Waals surface area (Å²) >= 11 is 1.86. The van der Waals surface area contributed by atoms with E-state index < -0.39 is 0 Å². The minimum Gasteiger partial charge on any atom is -0.379 e. The van der Waals surface area contributed by atoms with Gasteiger partial charge in [0.1, 0.15) is 30.5 Å². The molecule has 5 nitrogen and oxygen atoms in total. The number of hydrogen-bond donors (Lipinski definition) is 0. The van der Waals surface area contributed by atoms with Crippen LogP contribution in [0.25, 0.3) is 0 Å². The van der Waals surface area contributed by atoms with Crippen LogP contribution in [0.1, 0.15) is 106 Å². The molecule has 0 radical (unpaired) electrons. The third-order valence-corrected chi connectivity index (χ3v) is 8.44. The average molecular weight is 575 g/mol. The number of thiophene rings is 1. The largest absolute Gasteiger partial charge is 0.379 e. The molecule has 2 heterocycles. The topological polar surface area (TPSA) is 46.2 Å². The molecule has 0 spiro atoms. The zero-order valence-corrected chi connectivity index (χ0v) is 26.5. The molecule has 1 aromatic carbocycles. The van der Waals surface area contributed by atoms with Crippen molar-refractivity contribution in [2.45, 2.75) is 123 Å². The summed E-state index contributed by atoms with van der Waals surface area (Å²) in [5.74, 6) is 0. The summed E-state index contributed by atoms with van der Waals surface area (Å²) in [5, 5.41) is 0. The van der Waals surface area contributed by atoms with E-state index in [1.165, 1.54) is 15.3 Å². The maximum atomic E-state index is 6.93. The number of hydrogen-bond acceptors (Lipinski definition) is 6. The molecule has 6 heteroatoms. The molecule has 5 atom stereocenters. The highest BCUT2D eigenvalue weighted by atomic mass is 32.1. The van der Waals surface area contributed by atoms with E-state index in [2.05, 4.69) is 71.0 Å². The molecule has 0 aliphatic carbocycles. The molecule has 1 saturated heterocycles. The van der Waals surface area contributed by atoms with Crippen molar-refractivity contribution in [1.82, 2.24) is 0 Å². The van der Waals surface area contributed by atoms with Crippen LogP contribution < -0.4 is 0 Å². The molecule has 2 aromatic rings. The van der Waals surface area contributed by atoms with Crippen molar-refractivity contribution in [3.63, 3.8) is 0 Å². The van der Waals surface area contributed by atoms with Crippen LogP contribution in [0.4, 0.5) is 0 Å². The Morgan fingerprint density at radius 1 is 0.725 bits per heavy atom. The van der Waals surface area contributed by atoms with Crippen molar-refractivity contribution in [2.24, 2.45) is 0 Å². The lowest BCUT2D eigenvalue weighted by Gasteiger charge is -2.46. The first-order valence-electron chi connectivity index (χ1n) is 15.8. The maximum Gasteiger partial charge on any atom is 0.117 e. The van der Waals surface area contributed by atoms with Crippen LogP contribution in [0.2, 0.25) is 0 Å². The Hall–Kier alpha value is -1.28. The van der Waals surface area contributed by atoms with Crippen molar-refractivity contribution in [1.29, 1.82) is 0 Å². The molecule has 0 amide bonds. The molecule has 1 aromatic heterocycles. The number of rotatable bonds is 20. The van der Waals surface area contributed by atoms with Crippen LogP contribution in [0, 0.1) is 6.92 Å². The molecule has 3 rings (SSSR count). The number of aryl methyl sites for hydroxylation is 1. The van der Waals surface area contributed by atoms with Crippen molar-refractivity contribution < 1.29 is 23.7 Å². The summed E-state index contributed by atoms with van der Waals surface area (Å²) < 4.78 is 33.0. The molecular formula is C34H54O5S. The van der Waals surface area contributed by atoms with Gasteiger partial charge in [0.25, 0.3) is 0 Å². The van der Waals surface area contributed by atoms with Crippen LogP contribution in [0.15, 0.2) is 36.4 Å². The van der Waals surface area contributed by atoms with E-state index in [0.717, 1.165) is 70.0 Å². The summed E-state index contributed by atoms with van der Waals surface area (Å²) in [6.45, 7) is 14.2. The zero-order valence-electron chi connectivity index (χ0n) is 25.7. The molecule has 1 aliphatic heterocycles. The van der Waals surface area contributed by atoms with E-state index in [-0.39, 0.29) is 30.5 Å². The van der Waals surface area contributed by atoms with E-state index in [4.69, 9.17) is 23.7 Å². The first kappa shape index (κ1) is 33.2. The molecule has 0 unspecified atom stereocenters. The van der Waals surface area contributed by atoms with Crippen LogP contribution >= 0.6 is 11.3 Å². The van der Waals surface area contributed by atoms with E-state index in [0.29, 0.717) is 26.4 Å². The Morgan fingerprint density at radius 3 is 1.98 bits per heavy atom. The van der Waals surface area contributed by atoms with Gasteiger partial charge in [0, 0.05) is 42.6 Å². The molecule has 0 N–H and O–H groups in total. The third-order valence-electron chi connectivity index (χ3n) is 7.44. The van der Waals surface area contributed by atoms with Crippen LogP contribution in [0.3, 0.4) is 0 Å². The monoisotopic (exact) mass is 574 g/mol. The lowest BCUT2D eigenvalue weighted by Crippen LogP contribution is -2.58. The van der Waals surface area contributed by atoms with Gasteiger partial charge < -0.3 is 23.7 Å². The van der Waals surface area contributed by atoms with Gasteiger partial charge in [0.05, 0.1) is 6.61 Å². The Labute approximate surface area is 247 Å². The highest BCUT2D eigenvalue weighted by Gasteiger charge is 2.48. The fourth-order valence-corrected chi connectivity index (χ4v) is 6.01. The van der Waals surface area contributed by atoms with Gasteiger partial charge in [-0.25, -0.2) is 0 Å². The highest BCUT2D eigenvalue weighted by Crippen LogP contribution is 2.38. The molecule has 40 heavy (non-hydrogen) atoms. The first-order chi connectivity index (χ1) is 19.6. The number of ether oxygens (including phenoxy) is 5. The third kappa shape index (κ3) is 10.5. The zero-order chi connectivity index (χ0) is 28.6. The van der Waals surface area contributed by atoms with Gasteiger partial charge in [-0.05, 0) is 55.9 Å². The SMILES string of the molecule is CCCCOC[C@H]1O[C@@H](c2cccc(Cc3ccc(C)s3)c2)[C@H](OCCCC)[C@@H](OCCCC)[C@@H]1OCCCC. The second-order valence-electron chi connectivity index (χ2n) is 11.0. The van der Waals surface area contributed by atoms with E-state index in [1.54, 1.807) is 0 Å². The minimum atomic E-state index is -0.251. The molecule has 1 aliphatic rings. The van der Waals surface area contributed by atoms with E-state index >= 15 is 0 Å². The first-order valence-corrected chi connectivity index (χ1v) is 16.6. The van der Waals surface area contributed by atoms with Gasteiger partial charge in [-0.1, -0.05) is 77.6 Å². The number of unbranched alkanes of at least 4 members (excludes halogenated alkanes) is 4. The summed E-state index contributed by atoms with van der Waals surface area (Å²) in [4.78, 5) is 2.72. The molecule has 0 bridgehead atoms. The second-order valence-corrected chi connectivity index (χ2v) is 12.4. The van der Waals surface area contributed by atoms with Gasteiger partial charge in [0.15, 0.2) is 0 Å². The molecule has 226 valence electrons. The predicted molar refractivity (Wildman–Crippen MR) is 166 cm³/mol. The van der Waals surface area contributed by atoms with Gasteiger partial charge in [-0.2, -0.15) is 0 Å².